The second-order valence-corrected chi connectivity index (χ2v) is 6.88. The summed E-state index contributed by atoms with van der Waals surface area (Å²) >= 11 is 3.31. The molecule has 0 aliphatic carbocycles. The van der Waals surface area contributed by atoms with Gasteiger partial charge in [0.05, 0.1) is 11.5 Å². The van der Waals surface area contributed by atoms with Crippen LogP contribution in [0.25, 0.3) is 0 Å². The maximum Gasteiger partial charge on any atom is 0.321 e. The molecular weight excluding hydrogens is 334 g/mol. The highest BCUT2D eigenvalue weighted by molar-refractivity contribution is 9.10. The lowest BCUT2D eigenvalue weighted by Gasteiger charge is -2.16. The van der Waals surface area contributed by atoms with Crippen LogP contribution in [0.4, 0.5) is 0 Å². The summed E-state index contributed by atoms with van der Waals surface area (Å²) in [5.41, 5.74) is 0.811. The van der Waals surface area contributed by atoms with Crippen LogP contribution in [0.15, 0.2) is 27.6 Å². The van der Waals surface area contributed by atoms with Crippen molar-refractivity contribution in [3.05, 3.63) is 28.2 Å². The zero-order valence-corrected chi connectivity index (χ0v) is 13.4. The average Bonchev–Trinajstić information content (AvgIpc) is 2.32. The van der Waals surface area contributed by atoms with Crippen molar-refractivity contribution in [1.29, 1.82) is 0 Å². The van der Waals surface area contributed by atoms with Gasteiger partial charge in [0.1, 0.15) is 6.54 Å². The molecule has 0 heterocycles. The molecule has 0 spiro atoms. The molecule has 0 bridgehead atoms. The van der Waals surface area contributed by atoms with E-state index >= 15 is 0 Å². The van der Waals surface area contributed by atoms with Crippen LogP contribution in [0, 0.1) is 6.92 Å². The van der Waals surface area contributed by atoms with E-state index < -0.39 is 16.0 Å². The van der Waals surface area contributed by atoms with E-state index in [1.54, 1.807) is 26.0 Å². The molecule has 19 heavy (non-hydrogen) atoms. The van der Waals surface area contributed by atoms with Gasteiger partial charge < -0.3 is 4.74 Å². The van der Waals surface area contributed by atoms with Crippen LogP contribution in [0.3, 0.4) is 0 Å². The van der Waals surface area contributed by atoms with E-state index in [1.807, 2.05) is 0 Å². The maximum absolute atomic E-state index is 12.2. The standard InChI is InChI=1S/C12H16BrNO4S/c1-4-18-12(15)8-14(3)19(16,17)10-5-6-11(13)9(2)7-10/h5-7H,4,8H2,1-3H3. The SMILES string of the molecule is CCOC(=O)CN(C)S(=O)(=O)c1ccc(Br)c(C)c1. The first kappa shape index (κ1) is 16.1. The molecule has 1 aromatic carbocycles. The Morgan fingerprint density at radius 1 is 1.42 bits per heavy atom. The number of hydrogen-bond acceptors (Lipinski definition) is 4. The zero-order chi connectivity index (χ0) is 14.6. The Kier molecular flexibility index (Phi) is 5.51. The Bertz CT molecular complexity index is 571. The molecule has 0 aromatic heterocycles. The number of benzene rings is 1. The van der Waals surface area contributed by atoms with Crippen LogP contribution in [-0.4, -0.2) is 38.9 Å². The number of sulfonamides is 1. The minimum Gasteiger partial charge on any atom is -0.465 e. The first-order valence-electron chi connectivity index (χ1n) is 5.67. The summed E-state index contributed by atoms with van der Waals surface area (Å²) in [7, 11) is -2.33. The van der Waals surface area contributed by atoms with Gasteiger partial charge in [-0.3, -0.25) is 4.79 Å². The third kappa shape index (κ3) is 4.02. The molecule has 0 radical (unpaired) electrons. The van der Waals surface area contributed by atoms with Gasteiger partial charge in [-0.15, -0.1) is 0 Å². The summed E-state index contributed by atoms with van der Waals surface area (Å²) in [5, 5.41) is 0. The predicted molar refractivity (Wildman–Crippen MR) is 75.3 cm³/mol. The van der Waals surface area contributed by atoms with E-state index in [4.69, 9.17) is 4.74 Å². The second-order valence-electron chi connectivity index (χ2n) is 3.98. The van der Waals surface area contributed by atoms with Crippen molar-refractivity contribution in [3.63, 3.8) is 0 Å². The molecular formula is C12H16BrNO4S. The fraction of sp³-hybridized carbons (Fsp3) is 0.417. The lowest BCUT2D eigenvalue weighted by atomic mass is 10.2. The highest BCUT2D eigenvalue weighted by Crippen LogP contribution is 2.21. The summed E-state index contributed by atoms with van der Waals surface area (Å²) in [6.45, 7) is 3.40. The molecule has 0 amide bonds. The smallest absolute Gasteiger partial charge is 0.321 e. The molecule has 0 saturated carbocycles. The minimum absolute atomic E-state index is 0.153. The largest absolute Gasteiger partial charge is 0.465 e. The number of nitrogens with zero attached hydrogens (tertiary/aromatic N) is 1. The van der Waals surface area contributed by atoms with Gasteiger partial charge in [-0.1, -0.05) is 15.9 Å². The van der Waals surface area contributed by atoms with Crippen molar-refractivity contribution >= 4 is 31.9 Å². The van der Waals surface area contributed by atoms with Gasteiger partial charge in [0.2, 0.25) is 10.0 Å². The lowest BCUT2D eigenvalue weighted by Crippen LogP contribution is -2.33. The summed E-state index contributed by atoms with van der Waals surface area (Å²) in [5.74, 6) is -0.567. The van der Waals surface area contributed by atoms with E-state index in [9.17, 15) is 13.2 Å². The van der Waals surface area contributed by atoms with Crippen molar-refractivity contribution in [3.8, 4) is 0 Å². The molecule has 0 atom stereocenters. The molecule has 0 saturated heterocycles. The monoisotopic (exact) mass is 349 g/mol. The van der Waals surface area contributed by atoms with E-state index in [0.717, 1.165) is 14.3 Å². The highest BCUT2D eigenvalue weighted by Gasteiger charge is 2.23. The first-order valence-corrected chi connectivity index (χ1v) is 7.90. The average molecular weight is 350 g/mol. The number of hydrogen-bond donors (Lipinski definition) is 0. The van der Waals surface area contributed by atoms with Crippen molar-refractivity contribution in [1.82, 2.24) is 4.31 Å². The number of carbonyl (C=O) groups is 1. The first-order chi connectivity index (χ1) is 8.78. The summed E-state index contributed by atoms with van der Waals surface area (Å²) in [4.78, 5) is 11.5. The Morgan fingerprint density at radius 3 is 2.58 bits per heavy atom. The second kappa shape index (κ2) is 6.49. The van der Waals surface area contributed by atoms with Crippen LogP contribution in [-0.2, 0) is 19.6 Å². The van der Waals surface area contributed by atoms with E-state index in [-0.39, 0.29) is 18.0 Å². The van der Waals surface area contributed by atoms with E-state index in [2.05, 4.69) is 15.9 Å². The molecule has 7 heteroatoms. The van der Waals surface area contributed by atoms with Gasteiger partial charge in [-0.2, -0.15) is 4.31 Å². The number of carbonyl (C=O) groups excluding carboxylic acids is 1. The molecule has 0 fully saturated rings. The number of aryl methyl sites for hydroxylation is 1. The van der Waals surface area contributed by atoms with Crippen LogP contribution in [0.1, 0.15) is 12.5 Å². The predicted octanol–water partition coefficient (Wildman–Crippen LogP) is 1.94. The maximum atomic E-state index is 12.2. The van der Waals surface area contributed by atoms with Gasteiger partial charge in [-0.05, 0) is 37.6 Å². The fourth-order valence-corrected chi connectivity index (χ4v) is 2.88. The van der Waals surface area contributed by atoms with Gasteiger partial charge in [-0.25, -0.2) is 8.42 Å². The number of rotatable bonds is 5. The van der Waals surface area contributed by atoms with E-state index in [1.165, 1.54) is 13.1 Å². The van der Waals surface area contributed by atoms with Crippen LogP contribution in [0.2, 0.25) is 0 Å². The zero-order valence-electron chi connectivity index (χ0n) is 11.0. The summed E-state index contributed by atoms with van der Waals surface area (Å²) in [6.07, 6.45) is 0. The molecule has 5 nitrogen and oxygen atoms in total. The van der Waals surface area contributed by atoms with Crippen LogP contribution < -0.4 is 0 Å². The number of esters is 1. The molecule has 0 unspecified atom stereocenters. The van der Waals surface area contributed by atoms with Gasteiger partial charge in [0, 0.05) is 11.5 Å². The molecule has 1 rings (SSSR count). The van der Waals surface area contributed by atoms with Crippen LogP contribution in [0.5, 0.6) is 0 Å². The Hall–Kier alpha value is -0.920. The summed E-state index contributed by atoms with van der Waals surface area (Å²) in [6, 6.07) is 4.72. The number of likely N-dealkylation sites (N-methyl/N-ethyl adjacent to an activating group) is 1. The molecule has 106 valence electrons. The Morgan fingerprint density at radius 2 is 2.05 bits per heavy atom. The van der Waals surface area contributed by atoms with Crippen molar-refractivity contribution in [2.24, 2.45) is 0 Å². The van der Waals surface area contributed by atoms with Crippen molar-refractivity contribution in [2.75, 3.05) is 20.2 Å². The van der Waals surface area contributed by atoms with Crippen molar-refractivity contribution < 1.29 is 17.9 Å². The van der Waals surface area contributed by atoms with Crippen molar-refractivity contribution in [2.45, 2.75) is 18.7 Å². The fourth-order valence-electron chi connectivity index (χ4n) is 1.43. The Labute approximate surface area is 121 Å². The quantitative estimate of drug-likeness (QED) is 0.762. The molecule has 1 aromatic rings. The molecule has 0 N–H and O–H groups in total. The third-order valence-electron chi connectivity index (χ3n) is 2.49. The third-order valence-corrected chi connectivity index (χ3v) is 5.18. The number of halogens is 1. The van der Waals surface area contributed by atoms with Gasteiger partial charge in [0.25, 0.3) is 0 Å². The summed E-state index contributed by atoms with van der Waals surface area (Å²) < 4.78 is 31.0. The normalized spacial score (nSPS) is 11.6. The van der Waals surface area contributed by atoms with Gasteiger partial charge in [0.15, 0.2) is 0 Å². The van der Waals surface area contributed by atoms with Gasteiger partial charge >= 0.3 is 5.97 Å². The molecule has 0 aliphatic rings. The van der Waals surface area contributed by atoms with Crippen LogP contribution >= 0.6 is 15.9 Å². The highest BCUT2D eigenvalue weighted by atomic mass is 79.9. The lowest BCUT2D eigenvalue weighted by molar-refractivity contribution is -0.143. The topological polar surface area (TPSA) is 63.7 Å². The molecule has 0 aliphatic heterocycles. The minimum atomic E-state index is -3.68. The number of ether oxygens (including phenoxy) is 1. The van der Waals surface area contributed by atoms with E-state index in [0.29, 0.717) is 0 Å². The Balaban J connectivity index is 2.96.